The minimum absolute atomic E-state index is 0.0388. The number of nitrogens with zero attached hydrogens (tertiary/aromatic N) is 2. The van der Waals surface area contributed by atoms with Crippen molar-refractivity contribution in [3.8, 4) is 5.75 Å². The summed E-state index contributed by atoms with van der Waals surface area (Å²) in [5, 5.41) is 9.29. The Morgan fingerprint density at radius 2 is 1.83 bits per heavy atom. The van der Waals surface area contributed by atoms with Gasteiger partial charge in [0.25, 0.3) is 5.91 Å². The number of rotatable bonds is 6. The maximum Gasteiger partial charge on any atom is 0.339 e. The molecular weight excluding hydrogens is 389 g/mol. The highest BCUT2D eigenvalue weighted by molar-refractivity contribution is 5.92. The summed E-state index contributed by atoms with van der Waals surface area (Å²) in [5.74, 6) is -1.52. The van der Waals surface area contributed by atoms with Crippen molar-refractivity contribution in [3.63, 3.8) is 0 Å². The van der Waals surface area contributed by atoms with E-state index in [1.54, 1.807) is 17.0 Å². The van der Waals surface area contributed by atoms with Gasteiger partial charge in [-0.2, -0.15) is 0 Å². The van der Waals surface area contributed by atoms with E-state index in [0.717, 1.165) is 5.56 Å². The van der Waals surface area contributed by atoms with Crippen LogP contribution >= 0.6 is 0 Å². The lowest BCUT2D eigenvalue weighted by Crippen LogP contribution is -2.58. The highest BCUT2D eigenvalue weighted by Gasteiger charge is 2.32. The second kappa shape index (κ2) is 9.13. The van der Waals surface area contributed by atoms with E-state index in [4.69, 9.17) is 10.5 Å². The largest absolute Gasteiger partial charge is 0.483 e. The molecule has 30 heavy (non-hydrogen) atoms. The molecule has 0 unspecified atom stereocenters. The fourth-order valence-corrected chi connectivity index (χ4v) is 3.65. The Balaban J connectivity index is 1.60. The van der Waals surface area contributed by atoms with Crippen molar-refractivity contribution in [1.82, 2.24) is 9.80 Å². The summed E-state index contributed by atoms with van der Waals surface area (Å²) in [6.07, 6.45) is 0. The zero-order valence-corrected chi connectivity index (χ0v) is 17.0. The number of halogens is 1. The van der Waals surface area contributed by atoms with Crippen LogP contribution in [0.3, 0.4) is 0 Å². The van der Waals surface area contributed by atoms with E-state index in [1.165, 1.54) is 30.3 Å². The van der Waals surface area contributed by atoms with Gasteiger partial charge in [-0.1, -0.05) is 12.1 Å². The van der Waals surface area contributed by atoms with Crippen LogP contribution in [0.1, 0.15) is 29.8 Å². The first-order valence-electron chi connectivity index (χ1n) is 9.78. The van der Waals surface area contributed by atoms with E-state index in [2.05, 4.69) is 4.90 Å². The van der Waals surface area contributed by atoms with Crippen LogP contribution in [-0.4, -0.2) is 58.6 Å². The molecule has 0 aliphatic carbocycles. The first-order chi connectivity index (χ1) is 14.2. The molecule has 0 radical (unpaired) electrons. The van der Waals surface area contributed by atoms with Crippen molar-refractivity contribution in [2.24, 2.45) is 0 Å². The van der Waals surface area contributed by atoms with E-state index in [1.807, 2.05) is 13.8 Å². The maximum absolute atomic E-state index is 13.1. The van der Waals surface area contributed by atoms with Crippen molar-refractivity contribution >= 4 is 17.6 Å². The highest BCUT2D eigenvalue weighted by atomic mass is 19.1. The Bertz CT molecular complexity index is 919. The highest BCUT2D eigenvalue weighted by Crippen LogP contribution is 2.23. The van der Waals surface area contributed by atoms with E-state index in [0.29, 0.717) is 25.3 Å². The Labute approximate surface area is 174 Å². The van der Waals surface area contributed by atoms with Gasteiger partial charge in [0.1, 0.15) is 17.1 Å². The lowest BCUT2D eigenvalue weighted by Gasteiger charge is -2.44. The number of nitrogen functional groups attached to an aromatic ring is 1. The number of carboxylic acid groups (broad SMARTS) is 1. The number of ether oxygens (including phenoxy) is 1. The number of carboxylic acids is 1. The van der Waals surface area contributed by atoms with Gasteiger partial charge in [-0.05, 0) is 49.7 Å². The molecule has 0 saturated carbocycles. The van der Waals surface area contributed by atoms with E-state index in [9.17, 15) is 19.1 Å². The van der Waals surface area contributed by atoms with E-state index < -0.39 is 5.97 Å². The molecule has 1 saturated heterocycles. The number of benzene rings is 2. The quantitative estimate of drug-likeness (QED) is 0.704. The van der Waals surface area contributed by atoms with Gasteiger partial charge in [0.05, 0.1) is 0 Å². The smallest absolute Gasteiger partial charge is 0.339 e. The van der Waals surface area contributed by atoms with Crippen LogP contribution < -0.4 is 10.5 Å². The van der Waals surface area contributed by atoms with Gasteiger partial charge < -0.3 is 20.5 Å². The summed E-state index contributed by atoms with van der Waals surface area (Å²) in [7, 11) is 0. The molecule has 1 amide bonds. The molecular formula is C22H26FN3O4. The molecule has 8 heteroatoms. The summed E-state index contributed by atoms with van der Waals surface area (Å²) in [5.41, 5.74) is 6.88. The zero-order valence-electron chi connectivity index (χ0n) is 17.0. The van der Waals surface area contributed by atoms with Crippen molar-refractivity contribution in [2.75, 3.05) is 25.4 Å². The van der Waals surface area contributed by atoms with Gasteiger partial charge in [-0.25, -0.2) is 9.18 Å². The number of carbonyl (C=O) groups is 2. The molecule has 1 fully saturated rings. The second-order valence-electron chi connectivity index (χ2n) is 7.65. The minimum atomic E-state index is -1.17. The number of carbonyl (C=O) groups excluding carboxylic acids is 1. The third-order valence-electron chi connectivity index (χ3n) is 5.32. The molecule has 1 aliphatic rings. The average Bonchev–Trinajstić information content (AvgIpc) is 2.70. The first-order valence-corrected chi connectivity index (χ1v) is 9.78. The molecule has 1 heterocycles. The summed E-state index contributed by atoms with van der Waals surface area (Å²) in [6.45, 7) is 5.63. The Morgan fingerprint density at radius 1 is 1.13 bits per heavy atom. The summed E-state index contributed by atoms with van der Waals surface area (Å²) >= 11 is 0. The number of hydrogen-bond donors (Lipinski definition) is 2. The van der Waals surface area contributed by atoms with Gasteiger partial charge in [-0.3, -0.25) is 9.69 Å². The Morgan fingerprint density at radius 3 is 2.50 bits per heavy atom. The zero-order chi connectivity index (χ0) is 21.8. The fraction of sp³-hybridized carbons (Fsp3) is 0.364. The monoisotopic (exact) mass is 415 g/mol. The van der Waals surface area contributed by atoms with E-state index in [-0.39, 0.29) is 41.7 Å². The van der Waals surface area contributed by atoms with Crippen LogP contribution in [0.4, 0.5) is 10.1 Å². The summed E-state index contributed by atoms with van der Waals surface area (Å²) < 4.78 is 18.6. The van der Waals surface area contributed by atoms with Crippen LogP contribution in [0.25, 0.3) is 0 Å². The van der Waals surface area contributed by atoms with Crippen molar-refractivity contribution in [1.29, 1.82) is 0 Å². The number of hydrogen-bond acceptors (Lipinski definition) is 5. The lowest BCUT2D eigenvalue weighted by atomic mass is 10.1. The van der Waals surface area contributed by atoms with Crippen molar-refractivity contribution in [2.45, 2.75) is 32.5 Å². The van der Waals surface area contributed by atoms with Gasteiger partial charge >= 0.3 is 5.97 Å². The fourth-order valence-electron chi connectivity index (χ4n) is 3.65. The lowest BCUT2D eigenvalue weighted by molar-refractivity contribution is -0.139. The standard InChI is InChI=1S/C22H26FN3O4/c1-14-11-26(15(2)10-25(14)12-16-3-5-17(23)6-4-16)21(27)13-30-20-8-7-18(24)9-19(20)22(28)29/h3-9,14-15H,10-13,24H2,1-2H3,(H,28,29)/t14-,15+/m1/s1. The number of anilines is 1. The normalized spacial score (nSPS) is 19.5. The molecule has 3 N–H and O–H groups in total. The minimum Gasteiger partial charge on any atom is -0.483 e. The Hall–Kier alpha value is -3.13. The molecule has 2 aromatic rings. The average molecular weight is 415 g/mol. The molecule has 2 aromatic carbocycles. The third-order valence-corrected chi connectivity index (χ3v) is 5.32. The van der Waals surface area contributed by atoms with Gasteiger partial charge in [0.2, 0.25) is 0 Å². The number of aromatic carboxylic acids is 1. The molecule has 2 atom stereocenters. The number of nitrogens with two attached hydrogens (primary N) is 1. The molecule has 3 rings (SSSR count). The van der Waals surface area contributed by atoms with Crippen LogP contribution in [0, 0.1) is 5.82 Å². The van der Waals surface area contributed by atoms with Crippen molar-refractivity contribution < 1.29 is 23.8 Å². The van der Waals surface area contributed by atoms with Crippen LogP contribution in [-0.2, 0) is 11.3 Å². The summed E-state index contributed by atoms with van der Waals surface area (Å²) in [4.78, 5) is 28.1. The predicted octanol–water partition coefficient (Wildman–Crippen LogP) is 2.61. The topological polar surface area (TPSA) is 96.1 Å². The molecule has 160 valence electrons. The molecule has 0 bridgehead atoms. The second-order valence-corrected chi connectivity index (χ2v) is 7.65. The van der Waals surface area contributed by atoms with Crippen LogP contribution in [0.5, 0.6) is 5.75 Å². The van der Waals surface area contributed by atoms with E-state index >= 15 is 0 Å². The van der Waals surface area contributed by atoms with Gasteiger partial charge in [0.15, 0.2) is 6.61 Å². The Kier molecular flexibility index (Phi) is 6.56. The predicted molar refractivity (Wildman–Crippen MR) is 111 cm³/mol. The number of amides is 1. The molecule has 1 aliphatic heterocycles. The SMILES string of the molecule is C[C@@H]1CN(C(=O)COc2ccc(N)cc2C(=O)O)[C@@H](C)CN1Cc1ccc(F)cc1. The van der Waals surface area contributed by atoms with Crippen molar-refractivity contribution in [3.05, 3.63) is 59.4 Å². The van der Waals surface area contributed by atoms with Gasteiger partial charge in [0, 0.05) is 37.4 Å². The molecule has 0 aromatic heterocycles. The maximum atomic E-state index is 13.1. The number of piperazine rings is 1. The van der Waals surface area contributed by atoms with Crippen LogP contribution in [0.2, 0.25) is 0 Å². The third kappa shape index (κ3) is 5.07. The van der Waals surface area contributed by atoms with Gasteiger partial charge in [-0.15, -0.1) is 0 Å². The van der Waals surface area contributed by atoms with Crippen LogP contribution in [0.15, 0.2) is 42.5 Å². The summed E-state index contributed by atoms with van der Waals surface area (Å²) in [6, 6.07) is 10.8. The molecule has 0 spiro atoms. The first kappa shape index (κ1) is 21.6. The molecule has 7 nitrogen and oxygen atoms in total.